The van der Waals surface area contributed by atoms with E-state index in [0.717, 1.165) is 17.2 Å². The number of aliphatic hydroxyl groups is 2. The van der Waals surface area contributed by atoms with Gasteiger partial charge in [-0.15, -0.1) is 5.06 Å². The van der Waals surface area contributed by atoms with Crippen LogP contribution in [0.15, 0.2) is 72.3 Å². The molecule has 0 bridgehead atoms. The predicted octanol–water partition coefficient (Wildman–Crippen LogP) is 4.04. The number of carbonyl (C=O) groups is 8. The van der Waals surface area contributed by atoms with Crippen molar-refractivity contribution in [2.24, 2.45) is 22.7 Å². The molecule has 2 heterocycles. The molecule has 2 saturated heterocycles. The number of aliphatic hydroxyl groups excluding tert-OH is 2. The summed E-state index contributed by atoms with van der Waals surface area (Å²) in [6, 6.07) is 12.4. The van der Waals surface area contributed by atoms with Crippen molar-refractivity contribution in [2.75, 3.05) is 11.9 Å². The lowest BCUT2D eigenvalue weighted by Crippen LogP contribution is -2.70. The molecule has 5 N–H and O–H groups in total. The van der Waals surface area contributed by atoms with Crippen LogP contribution in [0.5, 0.6) is 0 Å². The average Bonchev–Trinajstić information content (AvgIpc) is 3.94. The van der Waals surface area contributed by atoms with E-state index < -0.39 is 124 Å². The van der Waals surface area contributed by atoms with E-state index in [1.54, 1.807) is 37.3 Å². The Labute approximate surface area is 402 Å². The number of rotatable bonds is 16. The first-order valence-electron chi connectivity index (χ1n) is 23.7. The summed E-state index contributed by atoms with van der Waals surface area (Å²) in [4.78, 5) is 105. The molecule has 5 amide bonds. The topological polar surface area (TPSA) is 244 Å². The molecule has 0 radical (unpaired) electrons. The smallest absolute Gasteiger partial charge is 0.333 e. The summed E-state index contributed by atoms with van der Waals surface area (Å²) in [5.41, 5.74) is -4.25. The third-order valence-electron chi connectivity index (χ3n) is 15.5. The minimum absolute atomic E-state index is 0.00638. The maximum absolute atomic E-state index is 17.8. The Morgan fingerprint density at radius 1 is 0.900 bits per heavy atom. The molecule has 12 atom stereocenters. The number of unbranched alkanes of at least 4 members (excludes halogenated alkanes) is 1. The highest BCUT2D eigenvalue weighted by Crippen LogP contribution is 2.72. The van der Waals surface area contributed by atoms with Gasteiger partial charge < -0.3 is 40.5 Å². The summed E-state index contributed by atoms with van der Waals surface area (Å²) in [7, 11) is 0. The largest absolute Gasteiger partial charge is 0.390 e. The predicted molar refractivity (Wildman–Crippen MR) is 243 cm³/mol. The van der Waals surface area contributed by atoms with Crippen LogP contribution in [0.1, 0.15) is 108 Å². The molecule has 8 rings (SSSR count). The molecule has 4 aliphatic carbocycles. The van der Waals surface area contributed by atoms with Gasteiger partial charge in [-0.1, -0.05) is 49.4 Å². The number of hydrogen-bond acceptors (Lipinski definition) is 13. The van der Waals surface area contributed by atoms with Crippen LogP contribution in [0.3, 0.4) is 0 Å². The zero-order valence-corrected chi connectivity index (χ0v) is 39.3. The number of hydroxylamine groups is 2. The van der Waals surface area contributed by atoms with Crippen LogP contribution in [0.2, 0.25) is 0 Å². The lowest BCUT2D eigenvalue weighted by Gasteiger charge is -2.63. The quantitative estimate of drug-likeness (QED) is 0.118. The van der Waals surface area contributed by atoms with E-state index in [4.69, 9.17) is 14.3 Å². The SMILES string of the molecule is CC(NC(=O)CCCCC(=O)ON1C(=O)CCC1=O)C(=O)N[C@@H](C)C(=O)Nc1cccc(Cc2ccc([C@@H]3O[C@@H]4C[C@H]5[C@@H]6C[C@H](F)C7=CC(=O)C=CC7(C)[C@@]6(F)C(O)CC5(C)[C@]4(C(=O)CO)O3)cc2)c1. The fourth-order valence-electron chi connectivity index (χ4n) is 11.9. The van der Waals surface area contributed by atoms with Crippen LogP contribution in [-0.4, -0.2) is 111 Å². The Balaban J connectivity index is 0.833. The first-order valence-corrected chi connectivity index (χ1v) is 23.7. The Hall–Kier alpha value is -6.02. The third kappa shape index (κ3) is 8.78. The Kier molecular flexibility index (Phi) is 13.9. The molecule has 2 aromatic rings. The van der Waals surface area contributed by atoms with Gasteiger partial charge in [0.15, 0.2) is 29.1 Å². The fraction of sp³-hybridized carbons (Fsp3) is 0.529. The van der Waals surface area contributed by atoms with Crippen molar-refractivity contribution in [2.45, 2.75) is 140 Å². The van der Waals surface area contributed by atoms with Crippen molar-refractivity contribution in [1.82, 2.24) is 15.7 Å². The van der Waals surface area contributed by atoms with Crippen LogP contribution < -0.4 is 16.0 Å². The number of amides is 5. The van der Waals surface area contributed by atoms with E-state index in [1.165, 1.54) is 32.9 Å². The second-order valence-electron chi connectivity index (χ2n) is 19.9. The van der Waals surface area contributed by atoms with Crippen LogP contribution in [0, 0.1) is 22.7 Å². The zero-order chi connectivity index (χ0) is 50.5. The van der Waals surface area contributed by atoms with Crippen molar-refractivity contribution < 1.29 is 71.7 Å². The number of alkyl halides is 2. The number of imide groups is 1. The van der Waals surface area contributed by atoms with Gasteiger partial charge in [0.2, 0.25) is 17.7 Å². The number of fused-ring (bicyclic) bond motifs is 7. The van der Waals surface area contributed by atoms with E-state index in [-0.39, 0.29) is 63.4 Å². The van der Waals surface area contributed by atoms with Crippen LogP contribution in [-0.2, 0) is 59.1 Å². The van der Waals surface area contributed by atoms with Gasteiger partial charge in [0.05, 0.1) is 12.2 Å². The van der Waals surface area contributed by atoms with E-state index >= 15 is 8.78 Å². The molecule has 6 aliphatic rings. The number of Topliss-reactive ketones (excluding diaryl/α,β-unsaturated/α-hetero) is 1. The van der Waals surface area contributed by atoms with Gasteiger partial charge in [-0.25, -0.2) is 13.6 Å². The number of nitrogens with zero attached hydrogens (tertiary/aromatic N) is 1. The van der Waals surface area contributed by atoms with Crippen molar-refractivity contribution in [3.8, 4) is 0 Å². The minimum atomic E-state index is -2.36. The second-order valence-corrected chi connectivity index (χ2v) is 19.9. The number of carbonyl (C=O) groups excluding carboxylic acids is 8. The average molecular weight is 973 g/mol. The number of benzene rings is 2. The number of nitrogens with one attached hydrogen (secondary N) is 3. The van der Waals surface area contributed by atoms with Gasteiger partial charge in [-0.05, 0) is 106 Å². The molecule has 0 aromatic heterocycles. The van der Waals surface area contributed by atoms with E-state index in [1.807, 2.05) is 18.2 Å². The summed E-state index contributed by atoms with van der Waals surface area (Å²) in [6.45, 7) is 5.30. The Bertz CT molecular complexity index is 2540. The molecule has 17 nitrogen and oxygen atoms in total. The molecule has 19 heteroatoms. The number of halogens is 2. The summed E-state index contributed by atoms with van der Waals surface area (Å²) in [5.74, 6) is -6.36. The van der Waals surface area contributed by atoms with Gasteiger partial charge in [0.25, 0.3) is 11.8 Å². The Morgan fingerprint density at radius 2 is 1.59 bits per heavy atom. The van der Waals surface area contributed by atoms with E-state index in [2.05, 4.69) is 16.0 Å². The molecule has 2 aliphatic heterocycles. The maximum atomic E-state index is 17.8. The van der Waals surface area contributed by atoms with E-state index in [0.29, 0.717) is 22.7 Å². The molecular weight excluding hydrogens is 915 g/mol. The molecule has 70 heavy (non-hydrogen) atoms. The molecule has 4 unspecified atom stereocenters. The summed E-state index contributed by atoms with van der Waals surface area (Å²) in [5, 5.41) is 30.5. The maximum Gasteiger partial charge on any atom is 0.333 e. The molecule has 374 valence electrons. The van der Waals surface area contributed by atoms with Crippen LogP contribution in [0.25, 0.3) is 0 Å². The second kappa shape index (κ2) is 19.3. The number of ketones is 2. The van der Waals surface area contributed by atoms with Crippen molar-refractivity contribution >= 4 is 52.8 Å². The number of allylic oxidation sites excluding steroid dienone is 4. The standard InChI is InChI=1S/C51H58F2N4O13/c1-27(54-41(62)10-5-6-11-44(65)70-57-42(63)16-17-43(57)64)45(66)55-28(2)46(67)56-32-9-7-8-30(21-32)20-29-12-14-31(15-13-29)47-68-40-24-34-35-23-37(52)36-22-33(59)18-19-48(36,3)50(35,53)38(60)25-49(34,4)51(40,69-47)39(61)26-58/h7-9,12-15,18-19,21-22,27-28,34-35,37-38,40,47,58,60H,5-6,10-11,16-17,20,23-26H2,1-4H3,(H,54,62)(H,55,66)(H,56,67)/t27?,28-,34-,35-,37-,38?,40+,47+,48?,49?,50-,51+/m0/s1. The van der Waals surface area contributed by atoms with Gasteiger partial charge in [-0.2, -0.15) is 0 Å². The molecule has 5 fully saturated rings. The highest BCUT2D eigenvalue weighted by atomic mass is 19.1. The highest BCUT2D eigenvalue weighted by Gasteiger charge is 2.80. The van der Waals surface area contributed by atoms with Gasteiger partial charge in [0, 0.05) is 53.7 Å². The van der Waals surface area contributed by atoms with Crippen molar-refractivity contribution in [1.29, 1.82) is 0 Å². The minimum Gasteiger partial charge on any atom is -0.390 e. The van der Waals surface area contributed by atoms with Gasteiger partial charge in [0.1, 0.15) is 24.9 Å². The first-order chi connectivity index (χ1) is 33.1. The third-order valence-corrected chi connectivity index (χ3v) is 15.5. The fourth-order valence-corrected chi connectivity index (χ4v) is 11.9. The summed E-state index contributed by atoms with van der Waals surface area (Å²) < 4.78 is 46.8. The zero-order valence-electron chi connectivity index (χ0n) is 39.3. The normalized spacial score (nSPS) is 32.7. The molecular formula is C51H58F2N4O13. The first kappa shape index (κ1) is 50.4. The van der Waals surface area contributed by atoms with Crippen molar-refractivity contribution in [3.63, 3.8) is 0 Å². The van der Waals surface area contributed by atoms with E-state index in [9.17, 15) is 48.6 Å². The number of hydrogen-bond donors (Lipinski definition) is 5. The summed E-state index contributed by atoms with van der Waals surface area (Å²) in [6.07, 6.45) is -1.27. The lowest BCUT2D eigenvalue weighted by atomic mass is 9.44. The van der Waals surface area contributed by atoms with Crippen LogP contribution >= 0.6 is 0 Å². The van der Waals surface area contributed by atoms with Gasteiger partial charge in [-0.3, -0.25) is 33.6 Å². The number of anilines is 1. The highest BCUT2D eigenvalue weighted by molar-refractivity contribution is 6.02. The lowest BCUT2D eigenvalue weighted by molar-refractivity contribution is -0.235. The summed E-state index contributed by atoms with van der Waals surface area (Å²) >= 11 is 0. The molecule has 0 spiro atoms. The number of ether oxygens (including phenoxy) is 2. The molecule has 3 saturated carbocycles. The molecule has 2 aromatic carbocycles. The monoisotopic (exact) mass is 972 g/mol. The van der Waals surface area contributed by atoms with Crippen molar-refractivity contribution in [3.05, 3.63) is 89.0 Å². The van der Waals surface area contributed by atoms with Gasteiger partial charge >= 0.3 is 5.97 Å². The van der Waals surface area contributed by atoms with Crippen LogP contribution in [0.4, 0.5) is 14.5 Å². The Morgan fingerprint density at radius 3 is 2.29 bits per heavy atom.